The van der Waals surface area contributed by atoms with Crippen molar-refractivity contribution in [2.75, 3.05) is 19.8 Å². The molecule has 3 aromatic rings. The SMILES string of the molecule is Cc1c(F)cc(-c2nn(C3CCCCO3)c3ccc(OCCCN)cc23)cc1C(C)O. The van der Waals surface area contributed by atoms with Gasteiger partial charge in [0.1, 0.15) is 17.3 Å². The predicted molar refractivity (Wildman–Crippen MR) is 119 cm³/mol. The number of aliphatic hydroxyl groups excluding tert-OH is 1. The van der Waals surface area contributed by atoms with Crippen molar-refractivity contribution in [3.8, 4) is 17.0 Å². The fourth-order valence-electron chi connectivity index (χ4n) is 4.10. The molecule has 0 bridgehead atoms. The molecule has 1 fully saturated rings. The average molecular weight is 428 g/mol. The standard InChI is InChI=1S/C24H30FN3O3/c1-15-19(16(2)29)12-17(13-21(15)25)24-20-14-18(30-11-5-9-26)7-8-22(20)28(27-24)23-6-3-4-10-31-23/h7-8,12-14,16,23,29H,3-6,9-11,26H2,1-2H3. The van der Waals surface area contributed by atoms with E-state index in [-0.39, 0.29) is 12.0 Å². The van der Waals surface area contributed by atoms with Crippen molar-refractivity contribution in [1.82, 2.24) is 9.78 Å². The van der Waals surface area contributed by atoms with E-state index < -0.39 is 6.10 Å². The number of ether oxygens (including phenoxy) is 2. The van der Waals surface area contributed by atoms with Gasteiger partial charge in [-0.05, 0) is 87.5 Å². The number of rotatable bonds is 7. The van der Waals surface area contributed by atoms with Crippen LogP contribution in [0.5, 0.6) is 5.75 Å². The van der Waals surface area contributed by atoms with Crippen LogP contribution < -0.4 is 10.5 Å². The maximum absolute atomic E-state index is 14.7. The van der Waals surface area contributed by atoms with Crippen molar-refractivity contribution in [2.24, 2.45) is 5.73 Å². The molecule has 1 aromatic heterocycles. The van der Waals surface area contributed by atoms with Crippen LogP contribution in [0.15, 0.2) is 30.3 Å². The quantitative estimate of drug-likeness (QED) is 0.537. The minimum atomic E-state index is -0.778. The Labute approximate surface area is 181 Å². The van der Waals surface area contributed by atoms with Gasteiger partial charge < -0.3 is 20.3 Å². The summed E-state index contributed by atoms with van der Waals surface area (Å²) in [6.45, 7) is 5.11. The number of hydrogen-bond acceptors (Lipinski definition) is 5. The van der Waals surface area contributed by atoms with Crippen LogP contribution in [0.25, 0.3) is 22.2 Å². The van der Waals surface area contributed by atoms with Crippen molar-refractivity contribution < 1.29 is 19.0 Å². The van der Waals surface area contributed by atoms with Gasteiger partial charge in [-0.25, -0.2) is 9.07 Å². The van der Waals surface area contributed by atoms with Crippen LogP contribution in [0, 0.1) is 12.7 Å². The minimum absolute atomic E-state index is 0.152. The Bertz CT molecular complexity index is 1060. The van der Waals surface area contributed by atoms with Gasteiger partial charge in [-0.1, -0.05) is 0 Å². The monoisotopic (exact) mass is 427 g/mol. The molecule has 2 heterocycles. The molecule has 166 valence electrons. The molecule has 2 unspecified atom stereocenters. The van der Waals surface area contributed by atoms with Crippen LogP contribution in [0.3, 0.4) is 0 Å². The summed E-state index contributed by atoms with van der Waals surface area (Å²) in [4.78, 5) is 0. The number of aromatic nitrogens is 2. The van der Waals surface area contributed by atoms with Crippen molar-refractivity contribution in [3.63, 3.8) is 0 Å². The molecular weight excluding hydrogens is 397 g/mol. The molecule has 0 saturated carbocycles. The van der Waals surface area contributed by atoms with E-state index in [1.54, 1.807) is 13.8 Å². The van der Waals surface area contributed by atoms with E-state index in [9.17, 15) is 9.50 Å². The Morgan fingerprint density at radius 3 is 2.87 bits per heavy atom. The fourth-order valence-corrected chi connectivity index (χ4v) is 4.10. The lowest BCUT2D eigenvalue weighted by Gasteiger charge is -2.23. The summed E-state index contributed by atoms with van der Waals surface area (Å²) in [5.41, 5.74) is 8.76. The highest BCUT2D eigenvalue weighted by atomic mass is 19.1. The van der Waals surface area contributed by atoms with E-state index in [1.807, 2.05) is 28.9 Å². The molecule has 2 atom stereocenters. The maximum Gasteiger partial charge on any atom is 0.150 e. The summed E-state index contributed by atoms with van der Waals surface area (Å²) in [7, 11) is 0. The Morgan fingerprint density at radius 2 is 2.16 bits per heavy atom. The third-order valence-electron chi connectivity index (χ3n) is 5.83. The van der Waals surface area contributed by atoms with Gasteiger partial charge in [0.25, 0.3) is 0 Å². The number of halogens is 1. The first kappa shape index (κ1) is 21.7. The van der Waals surface area contributed by atoms with Crippen LogP contribution in [-0.2, 0) is 4.74 Å². The smallest absolute Gasteiger partial charge is 0.150 e. The molecule has 1 aliphatic heterocycles. The molecule has 0 aliphatic carbocycles. The van der Waals surface area contributed by atoms with Gasteiger partial charge in [0.2, 0.25) is 0 Å². The van der Waals surface area contributed by atoms with E-state index in [0.717, 1.165) is 42.3 Å². The highest BCUT2D eigenvalue weighted by molar-refractivity contribution is 5.94. The Hall–Kier alpha value is -2.48. The first-order valence-corrected chi connectivity index (χ1v) is 10.9. The van der Waals surface area contributed by atoms with Crippen LogP contribution in [0.4, 0.5) is 4.39 Å². The lowest BCUT2D eigenvalue weighted by Crippen LogP contribution is -2.19. The van der Waals surface area contributed by atoms with E-state index in [4.69, 9.17) is 20.3 Å². The summed E-state index contributed by atoms with van der Waals surface area (Å²) < 4.78 is 28.4. The average Bonchev–Trinajstić information content (AvgIpc) is 3.15. The predicted octanol–water partition coefficient (Wildman–Crippen LogP) is 4.63. The molecule has 4 rings (SSSR count). The molecule has 1 saturated heterocycles. The van der Waals surface area contributed by atoms with Gasteiger partial charge in [-0.15, -0.1) is 0 Å². The summed E-state index contributed by atoms with van der Waals surface area (Å²) in [5, 5.41) is 15.9. The molecule has 7 heteroatoms. The first-order chi connectivity index (χ1) is 15.0. The number of fused-ring (bicyclic) bond motifs is 1. The van der Waals surface area contributed by atoms with Crippen LogP contribution in [0.2, 0.25) is 0 Å². The van der Waals surface area contributed by atoms with Gasteiger partial charge >= 0.3 is 0 Å². The molecule has 3 N–H and O–H groups in total. The molecule has 0 amide bonds. The Balaban J connectivity index is 1.85. The lowest BCUT2D eigenvalue weighted by molar-refractivity contribution is -0.0365. The number of nitrogens with zero attached hydrogens (tertiary/aromatic N) is 2. The fraction of sp³-hybridized carbons (Fsp3) is 0.458. The molecule has 31 heavy (non-hydrogen) atoms. The Morgan fingerprint density at radius 1 is 1.32 bits per heavy atom. The van der Waals surface area contributed by atoms with E-state index >= 15 is 0 Å². The van der Waals surface area contributed by atoms with Crippen molar-refractivity contribution in [1.29, 1.82) is 0 Å². The highest BCUT2D eigenvalue weighted by Gasteiger charge is 2.23. The molecule has 0 radical (unpaired) electrons. The van der Waals surface area contributed by atoms with Crippen molar-refractivity contribution in [2.45, 2.75) is 51.9 Å². The largest absolute Gasteiger partial charge is 0.494 e. The van der Waals surface area contributed by atoms with E-state index in [2.05, 4.69) is 0 Å². The molecular formula is C24H30FN3O3. The molecule has 0 spiro atoms. The zero-order chi connectivity index (χ0) is 22.0. The topological polar surface area (TPSA) is 82.5 Å². The van der Waals surface area contributed by atoms with Crippen LogP contribution >= 0.6 is 0 Å². The van der Waals surface area contributed by atoms with Gasteiger partial charge in [0, 0.05) is 17.6 Å². The highest BCUT2D eigenvalue weighted by Crippen LogP contribution is 2.36. The number of nitrogens with two attached hydrogens (primary N) is 1. The van der Waals surface area contributed by atoms with Crippen molar-refractivity contribution in [3.05, 3.63) is 47.3 Å². The van der Waals surface area contributed by atoms with Gasteiger partial charge in [-0.2, -0.15) is 5.10 Å². The minimum Gasteiger partial charge on any atom is -0.494 e. The number of hydrogen-bond donors (Lipinski definition) is 2. The van der Waals surface area contributed by atoms with Gasteiger partial charge in [0.05, 0.1) is 18.2 Å². The lowest BCUT2D eigenvalue weighted by atomic mass is 9.98. The van der Waals surface area contributed by atoms with Crippen LogP contribution in [-0.4, -0.2) is 34.6 Å². The summed E-state index contributed by atoms with van der Waals surface area (Å²) in [6, 6.07) is 9.13. The van der Waals surface area contributed by atoms with E-state index in [0.29, 0.717) is 42.1 Å². The number of aliphatic hydroxyl groups is 1. The van der Waals surface area contributed by atoms with Crippen molar-refractivity contribution >= 4 is 10.9 Å². The molecule has 6 nitrogen and oxygen atoms in total. The van der Waals surface area contributed by atoms with Gasteiger partial charge in [-0.3, -0.25) is 0 Å². The second-order valence-electron chi connectivity index (χ2n) is 8.13. The second-order valence-corrected chi connectivity index (χ2v) is 8.13. The van der Waals surface area contributed by atoms with Crippen LogP contribution in [0.1, 0.15) is 56.1 Å². The summed E-state index contributed by atoms with van der Waals surface area (Å²) >= 11 is 0. The summed E-state index contributed by atoms with van der Waals surface area (Å²) in [6.07, 6.45) is 2.84. The molecule has 2 aromatic carbocycles. The molecule has 1 aliphatic rings. The maximum atomic E-state index is 14.7. The third kappa shape index (κ3) is 4.44. The number of benzene rings is 2. The first-order valence-electron chi connectivity index (χ1n) is 10.9. The zero-order valence-electron chi connectivity index (χ0n) is 18.1. The Kier molecular flexibility index (Phi) is 6.55. The normalized spacial score (nSPS) is 17.8. The zero-order valence-corrected chi connectivity index (χ0v) is 18.1. The van der Waals surface area contributed by atoms with Gasteiger partial charge in [0.15, 0.2) is 6.23 Å². The summed E-state index contributed by atoms with van der Waals surface area (Å²) in [5.74, 6) is 0.356. The third-order valence-corrected chi connectivity index (χ3v) is 5.83. The van der Waals surface area contributed by atoms with E-state index in [1.165, 1.54) is 6.07 Å². The second kappa shape index (κ2) is 9.34.